The fourth-order valence-corrected chi connectivity index (χ4v) is 3.63. The first-order valence-corrected chi connectivity index (χ1v) is 7.24. The molecule has 22 heavy (non-hydrogen) atoms. The van der Waals surface area contributed by atoms with Crippen molar-refractivity contribution in [1.82, 2.24) is 5.16 Å². The van der Waals surface area contributed by atoms with Crippen molar-refractivity contribution >= 4 is 5.78 Å². The van der Waals surface area contributed by atoms with Crippen LogP contribution < -0.4 is 0 Å². The van der Waals surface area contributed by atoms with Crippen LogP contribution in [-0.2, 0) is 11.2 Å². The average Bonchev–Trinajstić information content (AvgIpc) is 2.77. The molecule has 3 rings (SSSR count). The smallest absolute Gasteiger partial charge is 0.137 e. The van der Waals surface area contributed by atoms with Crippen LogP contribution in [0.15, 0.2) is 28.8 Å². The van der Waals surface area contributed by atoms with E-state index in [-0.39, 0.29) is 23.9 Å². The lowest BCUT2D eigenvalue weighted by atomic mass is 9.64. The highest BCUT2D eigenvalue weighted by molar-refractivity contribution is 5.82. The molecule has 1 aromatic heterocycles. The molecular formula is C17H18FNO3. The fraction of sp³-hybridized carbons (Fsp3) is 0.412. The van der Waals surface area contributed by atoms with Crippen LogP contribution in [0, 0.1) is 18.7 Å². The summed E-state index contributed by atoms with van der Waals surface area (Å²) in [6.45, 7) is 4.91. The lowest BCUT2D eigenvalue weighted by Gasteiger charge is -2.40. The molecule has 0 bridgehead atoms. The summed E-state index contributed by atoms with van der Waals surface area (Å²) in [6, 6.07) is 6.01. The van der Waals surface area contributed by atoms with E-state index in [0.29, 0.717) is 11.5 Å². The summed E-state index contributed by atoms with van der Waals surface area (Å²) >= 11 is 0. The number of aliphatic hydroxyl groups is 1. The van der Waals surface area contributed by atoms with Gasteiger partial charge in [0.15, 0.2) is 0 Å². The second kappa shape index (κ2) is 5.02. The zero-order valence-electron chi connectivity index (χ0n) is 12.8. The van der Waals surface area contributed by atoms with Crippen molar-refractivity contribution in [2.45, 2.75) is 38.7 Å². The Labute approximate surface area is 127 Å². The molecule has 4 nitrogen and oxygen atoms in total. The standard InChI is InChI=1S/C17H18FNO3/c1-9(20)16-15(11-4-6-12(18)7-5-11)14-10(2)22-19-13(14)8-17(16,3)21/h4-7,15-16,21H,8H2,1-3H3/t15-,16+,17+/m1/s1. The van der Waals surface area contributed by atoms with Crippen LogP contribution in [0.3, 0.4) is 0 Å². The van der Waals surface area contributed by atoms with E-state index in [9.17, 15) is 14.3 Å². The highest BCUT2D eigenvalue weighted by Crippen LogP contribution is 2.47. The van der Waals surface area contributed by atoms with Gasteiger partial charge in [0, 0.05) is 17.9 Å². The van der Waals surface area contributed by atoms with Gasteiger partial charge >= 0.3 is 0 Å². The van der Waals surface area contributed by atoms with E-state index in [4.69, 9.17) is 4.52 Å². The molecule has 0 spiro atoms. The normalized spacial score (nSPS) is 27.5. The number of hydrogen-bond acceptors (Lipinski definition) is 4. The maximum Gasteiger partial charge on any atom is 0.137 e. The van der Waals surface area contributed by atoms with Gasteiger partial charge < -0.3 is 9.63 Å². The van der Waals surface area contributed by atoms with Crippen LogP contribution >= 0.6 is 0 Å². The number of Topliss-reactive ketones (excluding diaryl/α,β-unsaturated/α-hetero) is 1. The second-order valence-electron chi connectivity index (χ2n) is 6.25. The van der Waals surface area contributed by atoms with Crippen LogP contribution in [0.2, 0.25) is 0 Å². The maximum atomic E-state index is 13.2. The van der Waals surface area contributed by atoms with Crippen LogP contribution in [-0.4, -0.2) is 21.6 Å². The first kappa shape index (κ1) is 14.9. The van der Waals surface area contributed by atoms with E-state index in [1.807, 2.05) is 0 Å². The lowest BCUT2D eigenvalue weighted by molar-refractivity contribution is -0.130. The number of aromatic nitrogens is 1. The first-order valence-electron chi connectivity index (χ1n) is 7.24. The minimum Gasteiger partial charge on any atom is -0.389 e. The average molecular weight is 303 g/mol. The van der Waals surface area contributed by atoms with Crippen molar-refractivity contribution < 1.29 is 18.8 Å². The van der Waals surface area contributed by atoms with Crippen molar-refractivity contribution in [2.75, 3.05) is 0 Å². The van der Waals surface area contributed by atoms with Crippen LogP contribution in [0.1, 0.15) is 42.3 Å². The molecule has 0 fully saturated rings. The number of rotatable bonds is 2. The number of halogens is 1. The number of benzene rings is 1. The molecule has 0 aliphatic heterocycles. The monoisotopic (exact) mass is 303 g/mol. The molecule has 0 amide bonds. The number of carbonyl (C=O) groups is 1. The van der Waals surface area contributed by atoms with Gasteiger partial charge in [0.05, 0.1) is 17.2 Å². The summed E-state index contributed by atoms with van der Waals surface area (Å²) in [4.78, 5) is 12.2. The van der Waals surface area contributed by atoms with Crippen LogP contribution in [0.25, 0.3) is 0 Å². The third-order valence-electron chi connectivity index (χ3n) is 4.49. The Balaban J connectivity index is 2.23. The predicted molar refractivity (Wildman–Crippen MR) is 78.0 cm³/mol. The van der Waals surface area contributed by atoms with Gasteiger partial charge in [-0.15, -0.1) is 0 Å². The van der Waals surface area contributed by atoms with E-state index < -0.39 is 11.5 Å². The summed E-state index contributed by atoms with van der Waals surface area (Å²) in [5.41, 5.74) is 1.04. The Bertz CT molecular complexity index is 718. The molecule has 5 heteroatoms. The molecule has 1 N–H and O–H groups in total. The third kappa shape index (κ3) is 2.25. The van der Waals surface area contributed by atoms with Crippen molar-refractivity contribution in [3.63, 3.8) is 0 Å². The molecule has 116 valence electrons. The largest absolute Gasteiger partial charge is 0.389 e. The minimum absolute atomic E-state index is 0.106. The van der Waals surface area contributed by atoms with E-state index in [0.717, 1.165) is 11.1 Å². The van der Waals surface area contributed by atoms with Gasteiger partial charge in [0.25, 0.3) is 0 Å². The lowest BCUT2D eigenvalue weighted by Crippen LogP contribution is -2.48. The molecule has 0 radical (unpaired) electrons. The second-order valence-corrected chi connectivity index (χ2v) is 6.25. The van der Waals surface area contributed by atoms with Crippen molar-refractivity contribution in [1.29, 1.82) is 0 Å². The molecular weight excluding hydrogens is 285 g/mol. The van der Waals surface area contributed by atoms with Crippen molar-refractivity contribution in [2.24, 2.45) is 5.92 Å². The Kier molecular flexibility index (Phi) is 3.40. The fourth-order valence-electron chi connectivity index (χ4n) is 3.63. The summed E-state index contributed by atoms with van der Waals surface area (Å²) in [5.74, 6) is -0.823. The zero-order valence-corrected chi connectivity index (χ0v) is 12.8. The van der Waals surface area contributed by atoms with Crippen molar-refractivity contribution in [3.8, 4) is 0 Å². The van der Waals surface area contributed by atoms with Gasteiger partial charge in [0.1, 0.15) is 17.4 Å². The van der Waals surface area contributed by atoms with Gasteiger partial charge in [-0.25, -0.2) is 4.39 Å². The number of carbonyl (C=O) groups excluding carboxylic acids is 1. The van der Waals surface area contributed by atoms with Gasteiger partial charge in [-0.3, -0.25) is 4.79 Å². The summed E-state index contributed by atoms with van der Waals surface area (Å²) in [6.07, 6.45) is 0.265. The molecule has 3 atom stereocenters. The Morgan fingerprint density at radius 2 is 2.05 bits per heavy atom. The molecule has 0 saturated heterocycles. The number of aryl methyl sites for hydroxylation is 1. The molecule has 0 unspecified atom stereocenters. The van der Waals surface area contributed by atoms with E-state index in [2.05, 4.69) is 5.16 Å². The van der Waals surface area contributed by atoms with Gasteiger partial charge in [-0.1, -0.05) is 17.3 Å². The van der Waals surface area contributed by atoms with E-state index in [1.165, 1.54) is 19.1 Å². The topological polar surface area (TPSA) is 63.3 Å². The van der Waals surface area contributed by atoms with Crippen LogP contribution in [0.4, 0.5) is 4.39 Å². The highest BCUT2D eigenvalue weighted by Gasteiger charge is 2.49. The van der Waals surface area contributed by atoms with Gasteiger partial charge in [-0.05, 0) is 38.5 Å². The number of fused-ring (bicyclic) bond motifs is 1. The van der Waals surface area contributed by atoms with Crippen molar-refractivity contribution in [3.05, 3.63) is 52.7 Å². The summed E-state index contributed by atoms with van der Waals surface area (Å²) < 4.78 is 18.5. The maximum absolute atomic E-state index is 13.2. The Hall–Kier alpha value is -2.01. The quantitative estimate of drug-likeness (QED) is 0.926. The minimum atomic E-state index is -1.22. The number of hydrogen-bond donors (Lipinski definition) is 1. The molecule has 2 aromatic rings. The first-order chi connectivity index (χ1) is 10.3. The highest BCUT2D eigenvalue weighted by atomic mass is 19.1. The Morgan fingerprint density at radius 3 is 2.64 bits per heavy atom. The molecule has 1 aromatic carbocycles. The summed E-state index contributed by atoms with van der Waals surface area (Å²) in [7, 11) is 0. The summed E-state index contributed by atoms with van der Waals surface area (Å²) in [5, 5.41) is 14.8. The zero-order chi connectivity index (χ0) is 16.1. The van der Waals surface area contributed by atoms with E-state index in [1.54, 1.807) is 26.0 Å². The van der Waals surface area contributed by atoms with Crippen LogP contribution in [0.5, 0.6) is 0 Å². The molecule has 0 saturated carbocycles. The Morgan fingerprint density at radius 1 is 1.41 bits per heavy atom. The van der Waals surface area contributed by atoms with Gasteiger partial charge in [0.2, 0.25) is 0 Å². The van der Waals surface area contributed by atoms with E-state index >= 15 is 0 Å². The number of nitrogens with zero attached hydrogens (tertiary/aromatic N) is 1. The number of ketones is 1. The molecule has 1 aliphatic rings. The molecule has 1 aliphatic carbocycles. The van der Waals surface area contributed by atoms with Gasteiger partial charge in [-0.2, -0.15) is 0 Å². The molecule has 1 heterocycles. The third-order valence-corrected chi connectivity index (χ3v) is 4.49. The predicted octanol–water partition coefficient (Wildman–Crippen LogP) is 2.77. The SMILES string of the molecule is CC(=O)[C@H]1[C@H](c2ccc(F)cc2)c2c(noc2C)C[C@]1(C)O.